The zero-order chi connectivity index (χ0) is 18.9. The minimum absolute atomic E-state index is 0.0920. The molecule has 3 rings (SSSR count). The first kappa shape index (κ1) is 19.2. The van der Waals surface area contributed by atoms with Gasteiger partial charge in [0, 0.05) is 35.9 Å². The molecular weight excluding hydrogens is 362 g/mol. The molecule has 2 aromatic carbocycles. The maximum Gasteiger partial charge on any atom is 0.191 e. The maximum absolute atomic E-state index is 12.2. The standard InChI is InChI=1S/C20H25N3O3S/c1-21-20(22-11-12-27(24)15-16-7-3-2-4-8-16)23-13-17-14-25-18-9-5-6-10-19(18)26-17/h2-10,17H,11-15H2,1H3,(H2,21,22,23). The number of ether oxygens (including phenoxy) is 2. The van der Waals surface area contributed by atoms with Crippen LogP contribution in [0.25, 0.3) is 0 Å². The molecule has 144 valence electrons. The van der Waals surface area contributed by atoms with Gasteiger partial charge in [0.25, 0.3) is 0 Å². The second kappa shape index (κ2) is 9.97. The molecule has 0 fully saturated rings. The Morgan fingerprint density at radius 3 is 2.63 bits per heavy atom. The number of aliphatic imine (C=N–C) groups is 1. The first-order valence-electron chi connectivity index (χ1n) is 8.96. The lowest BCUT2D eigenvalue weighted by molar-refractivity contribution is 0.0936. The van der Waals surface area contributed by atoms with Crippen molar-refractivity contribution < 1.29 is 13.7 Å². The maximum atomic E-state index is 12.2. The van der Waals surface area contributed by atoms with Crippen LogP contribution >= 0.6 is 0 Å². The van der Waals surface area contributed by atoms with Crippen molar-refractivity contribution in [2.45, 2.75) is 11.9 Å². The van der Waals surface area contributed by atoms with Crippen molar-refractivity contribution in [2.75, 3.05) is 32.5 Å². The predicted molar refractivity (Wildman–Crippen MR) is 109 cm³/mol. The Labute approximate surface area is 162 Å². The highest BCUT2D eigenvalue weighted by Gasteiger charge is 2.20. The number of benzene rings is 2. The fourth-order valence-corrected chi connectivity index (χ4v) is 3.75. The molecule has 0 amide bonds. The molecule has 0 aliphatic carbocycles. The summed E-state index contributed by atoms with van der Waals surface area (Å²) < 4.78 is 23.8. The summed E-state index contributed by atoms with van der Waals surface area (Å²) in [5.41, 5.74) is 1.09. The molecule has 0 spiro atoms. The first-order valence-corrected chi connectivity index (χ1v) is 10.5. The number of para-hydroxylation sites is 2. The van der Waals surface area contributed by atoms with Crippen LogP contribution in [0.1, 0.15) is 5.56 Å². The normalized spacial score (nSPS) is 17.2. The fourth-order valence-electron chi connectivity index (χ4n) is 2.71. The van der Waals surface area contributed by atoms with Crippen molar-refractivity contribution >= 4 is 16.8 Å². The lowest BCUT2D eigenvalue weighted by Gasteiger charge is -2.27. The summed E-state index contributed by atoms with van der Waals surface area (Å²) >= 11 is 0. The Kier molecular flexibility index (Phi) is 7.10. The van der Waals surface area contributed by atoms with Gasteiger partial charge in [-0.25, -0.2) is 0 Å². The minimum Gasteiger partial charge on any atom is -0.486 e. The van der Waals surface area contributed by atoms with Crippen molar-refractivity contribution in [1.29, 1.82) is 0 Å². The van der Waals surface area contributed by atoms with Gasteiger partial charge < -0.3 is 20.1 Å². The van der Waals surface area contributed by atoms with Gasteiger partial charge in [0.05, 0.1) is 6.54 Å². The van der Waals surface area contributed by atoms with Gasteiger partial charge in [-0.05, 0) is 17.7 Å². The zero-order valence-corrected chi connectivity index (χ0v) is 16.2. The molecule has 1 aliphatic rings. The minimum atomic E-state index is -0.912. The Bertz CT molecular complexity index is 783. The lowest BCUT2D eigenvalue weighted by atomic mass is 10.2. The largest absolute Gasteiger partial charge is 0.486 e. The molecule has 2 unspecified atom stereocenters. The highest BCUT2D eigenvalue weighted by molar-refractivity contribution is 7.84. The molecule has 7 heteroatoms. The van der Waals surface area contributed by atoms with Crippen LogP contribution in [0.4, 0.5) is 0 Å². The zero-order valence-electron chi connectivity index (χ0n) is 15.4. The highest BCUT2D eigenvalue weighted by atomic mass is 32.2. The van der Waals surface area contributed by atoms with Gasteiger partial charge in [-0.2, -0.15) is 0 Å². The first-order chi connectivity index (χ1) is 13.2. The number of nitrogens with zero attached hydrogens (tertiary/aromatic N) is 1. The van der Waals surface area contributed by atoms with Crippen molar-refractivity contribution in [2.24, 2.45) is 4.99 Å². The van der Waals surface area contributed by atoms with E-state index < -0.39 is 10.8 Å². The number of hydrogen-bond donors (Lipinski definition) is 2. The third kappa shape index (κ3) is 5.99. The van der Waals surface area contributed by atoms with Crippen molar-refractivity contribution in [1.82, 2.24) is 10.6 Å². The molecule has 1 aliphatic heterocycles. The third-order valence-electron chi connectivity index (χ3n) is 4.08. The Morgan fingerprint density at radius 1 is 1.11 bits per heavy atom. The molecule has 2 N–H and O–H groups in total. The van der Waals surface area contributed by atoms with Gasteiger partial charge in [-0.3, -0.25) is 9.20 Å². The topological polar surface area (TPSA) is 72.0 Å². The van der Waals surface area contributed by atoms with Crippen LogP contribution in [0.5, 0.6) is 11.5 Å². The van der Waals surface area contributed by atoms with Crippen molar-refractivity contribution in [3.8, 4) is 11.5 Å². The van der Waals surface area contributed by atoms with E-state index in [-0.39, 0.29) is 6.10 Å². The SMILES string of the molecule is CN=C(NCCS(=O)Cc1ccccc1)NCC1COc2ccccc2O1. The average Bonchev–Trinajstić information content (AvgIpc) is 2.71. The second-order valence-corrected chi connectivity index (χ2v) is 7.73. The number of guanidine groups is 1. The molecule has 0 saturated carbocycles. The molecule has 6 nitrogen and oxygen atoms in total. The molecule has 0 aromatic heterocycles. The number of hydrogen-bond acceptors (Lipinski definition) is 4. The van der Waals surface area contributed by atoms with E-state index in [0.29, 0.717) is 37.2 Å². The summed E-state index contributed by atoms with van der Waals surface area (Å²) in [5, 5.41) is 6.42. The summed E-state index contributed by atoms with van der Waals surface area (Å²) in [4.78, 5) is 4.20. The molecule has 1 heterocycles. The van der Waals surface area contributed by atoms with Gasteiger partial charge in [0.1, 0.15) is 12.7 Å². The van der Waals surface area contributed by atoms with Gasteiger partial charge in [0.15, 0.2) is 17.5 Å². The molecule has 0 radical (unpaired) electrons. The van der Waals surface area contributed by atoms with Gasteiger partial charge in [-0.15, -0.1) is 0 Å². The van der Waals surface area contributed by atoms with Crippen molar-refractivity contribution in [3.05, 3.63) is 60.2 Å². The van der Waals surface area contributed by atoms with E-state index in [1.54, 1.807) is 7.05 Å². The van der Waals surface area contributed by atoms with Crippen LogP contribution in [0.15, 0.2) is 59.6 Å². The number of rotatable bonds is 7. The number of fused-ring (bicyclic) bond motifs is 1. The summed E-state index contributed by atoms with van der Waals surface area (Å²) in [6, 6.07) is 17.5. The molecular formula is C20H25N3O3S. The van der Waals surface area contributed by atoms with Crippen LogP contribution in [0.3, 0.4) is 0 Å². The second-order valence-electron chi connectivity index (χ2n) is 6.15. The summed E-state index contributed by atoms with van der Waals surface area (Å²) in [6.45, 7) is 1.65. The predicted octanol–water partition coefficient (Wildman–Crippen LogP) is 1.94. The Balaban J connectivity index is 1.37. The van der Waals surface area contributed by atoms with Crippen LogP contribution in [-0.4, -0.2) is 48.8 Å². The van der Waals surface area contributed by atoms with E-state index in [4.69, 9.17) is 9.47 Å². The van der Waals surface area contributed by atoms with E-state index in [0.717, 1.165) is 17.1 Å². The van der Waals surface area contributed by atoms with E-state index in [2.05, 4.69) is 15.6 Å². The van der Waals surface area contributed by atoms with E-state index in [1.165, 1.54) is 0 Å². The summed E-state index contributed by atoms with van der Waals surface area (Å²) in [6.07, 6.45) is -0.0920. The van der Waals surface area contributed by atoms with E-state index >= 15 is 0 Å². The molecule has 27 heavy (non-hydrogen) atoms. The van der Waals surface area contributed by atoms with Crippen LogP contribution in [-0.2, 0) is 16.6 Å². The molecule has 2 atom stereocenters. The van der Waals surface area contributed by atoms with E-state index in [1.807, 2.05) is 54.6 Å². The van der Waals surface area contributed by atoms with Crippen LogP contribution in [0.2, 0.25) is 0 Å². The van der Waals surface area contributed by atoms with Crippen LogP contribution in [0, 0.1) is 0 Å². The van der Waals surface area contributed by atoms with Gasteiger partial charge in [0.2, 0.25) is 0 Å². The molecule has 2 aromatic rings. The molecule has 0 saturated heterocycles. The van der Waals surface area contributed by atoms with Crippen molar-refractivity contribution in [3.63, 3.8) is 0 Å². The van der Waals surface area contributed by atoms with Crippen LogP contribution < -0.4 is 20.1 Å². The van der Waals surface area contributed by atoms with Gasteiger partial charge >= 0.3 is 0 Å². The van der Waals surface area contributed by atoms with E-state index in [9.17, 15) is 4.21 Å². The average molecular weight is 388 g/mol. The summed E-state index contributed by atoms with van der Waals surface area (Å²) in [5.74, 6) is 3.33. The molecule has 0 bridgehead atoms. The Morgan fingerprint density at radius 2 is 1.85 bits per heavy atom. The lowest BCUT2D eigenvalue weighted by Crippen LogP contribution is -2.46. The summed E-state index contributed by atoms with van der Waals surface area (Å²) in [7, 11) is 0.800. The monoisotopic (exact) mass is 387 g/mol. The van der Waals surface area contributed by atoms with Gasteiger partial charge in [-0.1, -0.05) is 42.5 Å². The highest BCUT2D eigenvalue weighted by Crippen LogP contribution is 2.30. The Hall–Kier alpha value is -2.54. The smallest absolute Gasteiger partial charge is 0.191 e. The quantitative estimate of drug-likeness (QED) is 0.561. The number of nitrogens with one attached hydrogen (secondary N) is 2. The third-order valence-corrected chi connectivity index (χ3v) is 5.40. The fraction of sp³-hybridized carbons (Fsp3) is 0.350.